The van der Waals surface area contributed by atoms with Gasteiger partial charge in [0.05, 0.1) is 6.61 Å². The van der Waals surface area contributed by atoms with Crippen LogP contribution >= 0.6 is 27.7 Å². The molecule has 1 atom stereocenters. The predicted octanol–water partition coefficient (Wildman–Crippen LogP) is 5.24. The Balaban J connectivity index is 1.60. The molecular weight excluding hydrogens is 428 g/mol. The van der Waals surface area contributed by atoms with Crippen molar-refractivity contribution >= 4 is 39.4 Å². The van der Waals surface area contributed by atoms with E-state index in [4.69, 9.17) is 9.26 Å². The highest BCUT2D eigenvalue weighted by Crippen LogP contribution is 2.30. The molecule has 7 heteroatoms. The van der Waals surface area contributed by atoms with E-state index in [1.807, 2.05) is 54.6 Å². The van der Waals surface area contributed by atoms with Crippen LogP contribution in [0, 0.1) is 6.92 Å². The Morgan fingerprint density at radius 2 is 1.96 bits per heavy atom. The van der Waals surface area contributed by atoms with Crippen LogP contribution in [0.5, 0.6) is 5.75 Å². The molecule has 140 valence electrons. The monoisotopic (exact) mass is 446 g/mol. The second kappa shape index (κ2) is 9.62. The number of thioether (sulfide) groups is 1. The number of aryl methyl sites for hydroxylation is 1. The predicted molar refractivity (Wildman–Crippen MR) is 111 cm³/mol. The number of nitrogens with zero attached hydrogens (tertiary/aromatic N) is 1. The first-order chi connectivity index (χ1) is 13.1. The van der Waals surface area contributed by atoms with E-state index in [-0.39, 0.29) is 11.2 Å². The minimum absolute atomic E-state index is 0.136. The Labute approximate surface area is 170 Å². The summed E-state index contributed by atoms with van der Waals surface area (Å²) in [5.74, 6) is 2.41. The van der Waals surface area contributed by atoms with Gasteiger partial charge in [-0.1, -0.05) is 51.4 Å². The van der Waals surface area contributed by atoms with Crippen LogP contribution in [0.15, 0.2) is 69.7 Å². The molecule has 27 heavy (non-hydrogen) atoms. The second-order valence-electron chi connectivity index (χ2n) is 5.78. The van der Waals surface area contributed by atoms with Crippen molar-refractivity contribution in [1.29, 1.82) is 0 Å². The number of carbonyl (C=O) groups is 1. The number of hydrogen-bond donors (Lipinski definition) is 1. The highest BCUT2D eigenvalue weighted by Gasteiger charge is 2.22. The van der Waals surface area contributed by atoms with Gasteiger partial charge in [0, 0.05) is 16.3 Å². The van der Waals surface area contributed by atoms with Crippen molar-refractivity contribution in [3.05, 3.63) is 76.5 Å². The summed E-state index contributed by atoms with van der Waals surface area (Å²) in [4.78, 5) is 12.8. The Morgan fingerprint density at radius 1 is 1.22 bits per heavy atom. The van der Waals surface area contributed by atoms with E-state index in [0.717, 1.165) is 15.8 Å². The molecule has 0 aliphatic heterocycles. The molecule has 1 amide bonds. The van der Waals surface area contributed by atoms with Crippen LogP contribution in [0.25, 0.3) is 0 Å². The topological polar surface area (TPSA) is 64.4 Å². The molecule has 0 bridgehead atoms. The number of halogens is 1. The smallest absolute Gasteiger partial charge is 0.243 e. The highest BCUT2D eigenvalue weighted by molar-refractivity contribution is 9.10. The van der Waals surface area contributed by atoms with Gasteiger partial charge in [-0.05, 0) is 36.8 Å². The number of amides is 1. The van der Waals surface area contributed by atoms with E-state index in [1.54, 1.807) is 13.0 Å². The quantitative estimate of drug-likeness (QED) is 0.479. The van der Waals surface area contributed by atoms with Crippen LogP contribution in [0.2, 0.25) is 0 Å². The van der Waals surface area contributed by atoms with Gasteiger partial charge in [-0.25, -0.2) is 0 Å². The molecule has 0 spiro atoms. The number of ether oxygens (including phenoxy) is 1. The lowest BCUT2D eigenvalue weighted by molar-refractivity contribution is -0.115. The van der Waals surface area contributed by atoms with Crippen LogP contribution in [0.3, 0.4) is 0 Å². The lowest BCUT2D eigenvalue weighted by Crippen LogP contribution is -2.20. The van der Waals surface area contributed by atoms with E-state index in [9.17, 15) is 4.79 Å². The Bertz CT molecular complexity index is 868. The molecule has 0 fully saturated rings. The second-order valence-corrected chi connectivity index (χ2v) is 7.90. The van der Waals surface area contributed by atoms with Crippen molar-refractivity contribution in [1.82, 2.24) is 5.16 Å². The Morgan fingerprint density at radius 3 is 2.63 bits per heavy atom. The molecule has 3 aromatic rings. The van der Waals surface area contributed by atoms with Gasteiger partial charge < -0.3 is 14.6 Å². The number of carbonyl (C=O) groups excluding carboxylic acids is 1. The van der Waals surface area contributed by atoms with Crippen molar-refractivity contribution in [3.8, 4) is 5.75 Å². The van der Waals surface area contributed by atoms with Gasteiger partial charge in [-0.3, -0.25) is 4.79 Å². The summed E-state index contributed by atoms with van der Waals surface area (Å²) in [5.41, 5.74) is 0.934. The van der Waals surface area contributed by atoms with Gasteiger partial charge in [0.1, 0.15) is 16.8 Å². The summed E-state index contributed by atoms with van der Waals surface area (Å²) >= 11 is 4.93. The maximum atomic E-state index is 12.8. The molecule has 0 saturated carbocycles. The highest BCUT2D eigenvalue weighted by atomic mass is 79.9. The molecule has 0 radical (unpaired) electrons. The summed E-state index contributed by atoms with van der Waals surface area (Å²) < 4.78 is 11.8. The average molecular weight is 447 g/mol. The van der Waals surface area contributed by atoms with E-state index in [1.165, 1.54) is 11.8 Å². The number of nitrogens with one attached hydrogen (secondary N) is 1. The van der Waals surface area contributed by atoms with Gasteiger partial charge in [0.2, 0.25) is 5.91 Å². The molecule has 5 nitrogen and oxygen atoms in total. The zero-order valence-corrected chi connectivity index (χ0v) is 17.1. The maximum Gasteiger partial charge on any atom is 0.243 e. The van der Waals surface area contributed by atoms with Crippen LogP contribution in [-0.4, -0.2) is 23.4 Å². The lowest BCUT2D eigenvalue weighted by atomic mass is 10.1. The number of aromatic nitrogens is 1. The maximum absolute atomic E-state index is 12.8. The number of hydrogen-bond acceptors (Lipinski definition) is 5. The van der Waals surface area contributed by atoms with Crippen molar-refractivity contribution in [3.63, 3.8) is 0 Å². The number of benzene rings is 2. The van der Waals surface area contributed by atoms with Gasteiger partial charge in [-0.15, -0.1) is 11.8 Å². The van der Waals surface area contributed by atoms with Crippen molar-refractivity contribution < 1.29 is 14.1 Å². The summed E-state index contributed by atoms with van der Waals surface area (Å²) in [6, 6.07) is 19.0. The Kier molecular flexibility index (Phi) is 6.95. The molecule has 1 heterocycles. The molecule has 2 aromatic carbocycles. The third kappa shape index (κ3) is 5.87. The van der Waals surface area contributed by atoms with Gasteiger partial charge >= 0.3 is 0 Å². The third-order valence-electron chi connectivity index (χ3n) is 3.67. The fourth-order valence-corrected chi connectivity index (χ4v) is 3.66. The van der Waals surface area contributed by atoms with Crippen molar-refractivity contribution in [2.75, 3.05) is 17.7 Å². The number of anilines is 1. The average Bonchev–Trinajstić information content (AvgIpc) is 3.08. The minimum atomic E-state index is -0.364. The van der Waals surface area contributed by atoms with Crippen LogP contribution in [0.4, 0.5) is 5.82 Å². The normalized spacial score (nSPS) is 11.8. The SMILES string of the molecule is Cc1cc(NC(=O)[C@@H](SCCOc2ccc(Br)cc2)c2ccccc2)no1. The van der Waals surface area contributed by atoms with Gasteiger partial charge in [-0.2, -0.15) is 0 Å². The fraction of sp³-hybridized carbons (Fsp3) is 0.200. The molecule has 1 aromatic heterocycles. The van der Waals surface area contributed by atoms with Crippen molar-refractivity contribution in [2.45, 2.75) is 12.2 Å². The van der Waals surface area contributed by atoms with E-state index in [2.05, 4.69) is 26.4 Å². The third-order valence-corrected chi connectivity index (χ3v) is 5.42. The van der Waals surface area contributed by atoms with Gasteiger partial charge in [0.15, 0.2) is 5.82 Å². The summed E-state index contributed by atoms with van der Waals surface area (Å²) in [5, 5.41) is 6.28. The zero-order chi connectivity index (χ0) is 19.1. The van der Waals surface area contributed by atoms with Gasteiger partial charge in [0.25, 0.3) is 0 Å². The standard InChI is InChI=1S/C20H19BrN2O3S/c1-14-13-18(23-26-14)22-20(24)19(15-5-3-2-4-6-15)27-12-11-25-17-9-7-16(21)8-10-17/h2-10,13,19H,11-12H2,1H3,(H,22,23,24)/t19-/m0/s1. The van der Waals surface area contributed by atoms with Crippen LogP contribution in [-0.2, 0) is 4.79 Å². The molecule has 0 saturated heterocycles. The molecule has 1 N–H and O–H groups in total. The minimum Gasteiger partial charge on any atom is -0.493 e. The summed E-state index contributed by atoms with van der Waals surface area (Å²) in [6.45, 7) is 2.29. The fourth-order valence-electron chi connectivity index (χ4n) is 2.42. The molecular formula is C20H19BrN2O3S. The zero-order valence-electron chi connectivity index (χ0n) is 14.7. The lowest BCUT2D eigenvalue weighted by Gasteiger charge is -2.16. The molecule has 0 unspecified atom stereocenters. The van der Waals surface area contributed by atoms with Crippen LogP contribution < -0.4 is 10.1 Å². The first-order valence-electron chi connectivity index (χ1n) is 8.41. The summed E-state index contributed by atoms with van der Waals surface area (Å²) in [6.07, 6.45) is 0. The van der Waals surface area contributed by atoms with E-state index < -0.39 is 0 Å². The summed E-state index contributed by atoms with van der Waals surface area (Å²) in [7, 11) is 0. The molecule has 3 rings (SSSR count). The largest absolute Gasteiger partial charge is 0.493 e. The number of rotatable bonds is 8. The van der Waals surface area contributed by atoms with E-state index in [0.29, 0.717) is 23.9 Å². The van der Waals surface area contributed by atoms with Crippen molar-refractivity contribution in [2.24, 2.45) is 0 Å². The molecule has 0 aliphatic carbocycles. The Hall–Kier alpha value is -2.25. The van der Waals surface area contributed by atoms with E-state index >= 15 is 0 Å². The van der Waals surface area contributed by atoms with Crippen LogP contribution in [0.1, 0.15) is 16.6 Å². The molecule has 0 aliphatic rings. The first-order valence-corrected chi connectivity index (χ1v) is 10.2. The first kappa shape index (κ1) is 19.5.